The van der Waals surface area contributed by atoms with Crippen molar-refractivity contribution < 1.29 is 14.6 Å². The number of ether oxygens (including phenoxy) is 2. The molecule has 2 aliphatic heterocycles. The molecule has 0 amide bonds. The van der Waals surface area contributed by atoms with Gasteiger partial charge in [-0.05, 0) is 14.0 Å². The second-order valence-corrected chi connectivity index (χ2v) is 5.22. The Bertz CT molecular complexity index is 240. The highest BCUT2D eigenvalue weighted by Gasteiger charge is 2.28. The predicted octanol–water partition coefficient (Wildman–Crippen LogP) is -0.601. The van der Waals surface area contributed by atoms with E-state index in [2.05, 4.69) is 23.8 Å². The number of likely N-dealkylation sites (N-methyl/N-ethyl adjacent to an activating group) is 1. The maximum Gasteiger partial charge on any atom is 0.0936 e. The highest BCUT2D eigenvalue weighted by Crippen LogP contribution is 2.13. The summed E-state index contributed by atoms with van der Waals surface area (Å²) in [4.78, 5) is 4.65. The molecule has 2 saturated heterocycles. The lowest BCUT2D eigenvalue weighted by molar-refractivity contribution is -0.112. The number of aliphatic hydroxyl groups is 1. The predicted molar refractivity (Wildman–Crippen MR) is 65.1 cm³/mol. The first-order valence-corrected chi connectivity index (χ1v) is 6.46. The molecule has 5 nitrogen and oxygen atoms in total. The molecule has 2 aliphatic rings. The molecule has 17 heavy (non-hydrogen) atoms. The fourth-order valence-corrected chi connectivity index (χ4v) is 2.66. The normalized spacial score (nSPS) is 37.2. The zero-order valence-electron chi connectivity index (χ0n) is 10.8. The molecular formula is C12H24N2O3. The Labute approximate surface area is 103 Å². The largest absolute Gasteiger partial charge is 0.394 e. The quantitative estimate of drug-likeness (QED) is 0.718. The number of rotatable bonds is 3. The van der Waals surface area contributed by atoms with Crippen LogP contribution in [0.5, 0.6) is 0 Å². The summed E-state index contributed by atoms with van der Waals surface area (Å²) in [5.74, 6) is 0. The van der Waals surface area contributed by atoms with Crippen LogP contribution in [0.1, 0.15) is 6.92 Å². The van der Waals surface area contributed by atoms with Gasteiger partial charge in [0.2, 0.25) is 0 Å². The molecule has 2 heterocycles. The SMILES string of the molecule is CC1CN(CC2CN(C)CCO2)CC(CO)O1. The standard InChI is InChI=1S/C12H24N2O3/c1-10-5-14(8-12(9-15)17-10)7-11-6-13(2)3-4-16-11/h10-12,15H,3-9H2,1-2H3. The van der Waals surface area contributed by atoms with E-state index in [1.807, 2.05) is 0 Å². The first-order chi connectivity index (χ1) is 8.17. The van der Waals surface area contributed by atoms with Gasteiger partial charge in [0, 0.05) is 32.7 Å². The van der Waals surface area contributed by atoms with Crippen molar-refractivity contribution in [2.75, 3.05) is 53.0 Å². The van der Waals surface area contributed by atoms with Crippen LogP contribution in [0.15, 0.2) is 0 Å². The van der Waals surface area contributed by atoms with Crippen LogP contribution < -0.4 is 0 Å². The topological polar surface area (TPSA) is 45.2 Å². The van der Waals surface area contributed by atoms with Gasteiger partial charge in [0.25, 0.3) is 0 Å². The van der Waals surface area contributed by atoms with Crippen LogP contribution in [0.4, 0.5) is 0 Å². The molecule has 5 heteroatoms. The van der Waals surface area contributed by atoms with Crippen molar-refractivity contribution >= 4 is 0 Å². The minimum atomic E-state index is -0.0416. The van der Waals surface area contributed by atoms with E-state index in [-0.39, 0.29) is 18.8 Å². The lowest BCUT2D eigenvalue weighted by Crippen LogP contribution is -2.53. The zero-order chi connectivity index (χ0) is 12.3. The van der Waals surface area contributed by atoms with E-state index in [0.717, 1.165) is 39.3 Å². The van der Waals surface area contributed by atoms with Crippen molar-refractivity contribution in [1.29, 1.82) is 0 Å². The second kappa shape index (κ2) is 6.11. The average Bonchev–Trinajstić information content (AvgIpc) is 2.28. The van der Waals surface area contributed by atoms with E-state index < -0.39 is 0 Å². The lowest BCUT2D eigenvalue weighted by atomic mass is 10.2. The Morgan fingerprint density at radius 2 is 2.06 bits per heavy atom. The molecule has 100 valence electrons. The molecule has 1 N–H and O–H groups in total. The molecule has 0 spiro atoms. The van der Waals surface area contributed by atoms with Crippen molar-refractivity contribution in [3.8, 4) is 0 Å². The minimum Gasteiger partial charge on any atom is -0.394 e. The fourth-order valence-electron chi connectivity index (χ4n) is 2.66. The van der Waals surface area contributed by atoms with Gasteiger partial charge in [-0.1, -0.05) is 0 Å². The molecule has 3 atom stereocenters. The number of nitrogens with zero attached hydrogens (tertiary/aromatic N) is 2. The third-order valence-electron chi connectivity index (χ3n) is 3.41. The van der Waals surface area contributed by atoms with E-state index in [0.29, 0.717) is 6.10 Å². The number of hydrogen-bond donors (Lipinski definition) is 1. The summed E-state index contributed by atoms with van der Waals surface area (Å²) in [6.07, 6.45) is 0.445. The summed E-state index contributed by atoms with van der Waals surface area (Å²) in [5, 5.41) is 9.18. The van der Waals surface area contributed by atoms with E-state index in [1.165, 1.54) is 0 Å². The van der Waals surface area contributed by atoms with Crippen LogP contribution in [0.2, 0.25) is 0 Å². The first kappa shape index (κ1) is 13.2. The Morgan fingerprint density at radius 3 is 2.76 bits per heavy atom. The Balaban J connectivity index is 1.80. The molecule has 2 rings (SSSR count). The first-order valence-electron chi connectivity index (χ1n) is 6.46. The van der Waals surface area contributed by atoms with Crippen LogP contribution in [0.3, 0.4) is 0 Å². The highest BCUT2D eigenvalue weighted by atomic mass is 16.5. The molecule has 0 radical (unpaired) electrons. The van der Waals surface area contributed by atoms with Gasteiger partial charge >= 0.3 is 0 Å². The molecule has 0 saturated carbocycles. The van der Waals surface area contributed by atoms with Crippen molar-refractivity contribution in [1.82, 2.24) is 9.80 Å². The van der Waals surface area contributed by atoms with E-state index in [4.69, 9.17) is 9.47 Å². The summed E-state index contributed by atoms with van der Waals surface area (Å²) in [6.45, 7) is 7.68. The van der Waals surface area contributed by atoms with Gasteiger partial charge in [-0.25, -0.2) is 0 Å². The van der Waals surface area contributed by atoms with Crippen molar-refractivity contribution in [3.05, 3.63) is 0 Å². The van der Waals surface area contributed by atoms with Gasteiger partial charge in [0.05, 0.1) is 31.5 Å². The fraction of sp³-hybridized carbons (Fsp3) is 1.00. The van der Waals surface area contributed by atoms with Crippen molar-refractivity contribution in [3.63, 3.8) is 0 Å². The highest BCUT2D eigenvalue weighted by molar-refractivity contribution is 4.79. The zero-order valence-corrected chi connectivity index (χ0v) is 10.8. The van der Waals surface area contributed by atoms with Gasteiger partial charge in [0.1, 0.15) is 0 Å². The van der Waals surface area contributed by atoms with E-state index in [9.17, 15) is 5.11 Å². The molecule has 2 fully saturated rings. The van der Waals surface area contributed by atoms with Gasteiger partial charge in [0.15, 0.2) is 0 Å². The van der Waals surface area contributed by atoms with Crippen molar-refractivity contribution in [2.24, 2.45) is 0 Å². The maximum atomic E-state index is 9.18. The van der Waals surface area contributed by atoms with Crippen molar-refractivity contribution in [2.45, 2.75) is 25.2 Å². The Hall–Kier alpha value is -0.200. The molecule has 0 aliphatic carbocycles. The van der Waals surface area contributed by atoms with Gasteiger partial charge in [-0.3, -0.25) is 4.90 Å². The summed E-state index contributed by atoms with van der Waals surface area (Å²) in [6, 6.07) is 0. The minimum absolute atomic E-state index is 0.0416. The van der Waals surface area contributed by atoms with Gasteiger partial charge < -0.3 is 19.5 Å². The summed E-state index contributed by atoms with van der Waals surface area (Å²) >= 11 is 0. The third kappa shape index (κ3) is 3.89. The molecule has 0 aromatic carbocycles. The summed E-state index contributed by atoms with van der Waals surface area (Å²) < 4.78 is 11.4. The molecule has 0 aromatic rings. The van der Waals surface area contributed by atoms with E-state index >= 15 is 0 Å². The summed E-state index contributed by atoms with van der Waals surface area (Å²) in [7, 11) is 2.13. The summed E-state index contributed by atoms with van der Waals surface area (Å²) in [5.41, 5.74) is 0. The van der Waals surface area contributed by atoms with Crippen LogP contribution >= 0.6 is 0 Å². The molecule has 0 bridgehead atoms. The van der Waals surface area contributed by atoms with Crippen LogP contribution in [0, 0.1) is 0 Å². The van der Waals surface area contributed by atoms with Crippen LogP contribution in [-0.2, 0) is 9.47 Å². The smallest absolute Gasteiger partial charge is 0.0936 e. The molecule has 0 aromatic heterocycles. The lowest BCUT2D eigenvalue weighted by Gasteiger charge is -2.39. The Kier molecular flexibility index (Phi) is 4.76. The second-order valence-electron chi connectivity index (χ2n) is 5.22. The van der Waals surface area contributed by atoms with Crippen LogP contribution in [0.25, 0.3) is 0 Å². The molecular weight excluding hydrogens is 220 g/mol. The molecule has 3 unspecified atom stereocenters. The number of hydrogen-bond acceptors (Lipinski definition) is 5. The van der Waals surface area contributed by atoms with Gasteiger partial charge in [-0.15, -0.1) is 0 Å². The number of morpholine rings is 2. The van der Waals surface area contributed by atoms with Gasteiger partial charge in [-0.2, -0.15) is 0 Å². The maximum absolute atomic E-state index is 9.18. The number of aliphatic hydroxyl groups excluding tert-OH is 1. The Morgan fingerprint density at radius 1 is 1.24 bits per heavy atom. The monoisotopic (exact) mass is 244 g/mol. The third-order valence-corrected chi connectivity index (χ3v) is 3.41. The van der Waals surface area contributed by atoms with Crippen LogP contribution in [-0.4, -0.2) is 86.2 Å². The van der Waals surface area contributed by atoms with E-state index in [1.54, 1.807) is 0 Å². The average molecular weight is 244 g/mol.